The molecule has 2 N–H and O–H groups in total. The summed E-state index contributed by atoms with van der Waals surface area (Å²) < 4.78 is 0. The van der Waals surface area contributed by atoms with Gasteiger partial charge in [0, 0.05) is 13.1 Å². The molecule has 108 valence electrons. The van der Waals surface area contributed by atoms with Crippen molar-refractivity contribution in [3.63, 3.8) is 0 Å². The zero-order chi connectivity index (χ0) is 13.6. The normalized spacial score (nSPS) is 43.0. The maximum atomic E-state index is 11.7. The number of rotatable bonds is 4. The van der Waals surface area contributed by atoms with Crippen LogP contribution in [0.4, 0.5) is 0 Å². The molecule has 4 rings (SSSR count). The van der Waals surface area contributed by atoms with Crippen LogP contribution in [0.5, 0.6) is 0 Å². The van der Waals surface area contributed by atoms with Crippen LogP contribution in [0.1, 0.15) is 52.4 Å². The lowest BCUT2D eigenvalue weighted by molar-refractivity contribution is -0.123. The topological polar surface area (TPSA) is 41.1 Å². The van der Waals surface area contributed by atoms with Crippen LogP contribution >= 0.6 is 0 Å². The van der Waals surface area contributed by atoms with Crippen LogP contribution in [0.2, 0.25) is 0 Å². The molecular formula is C16H28N2O. The third-order valence-corrected chi connectivity index (χ3v) is 6.14. The van der Waals surface area contributed by atoms with E-state index in [0.29, 0.717) is 11.5 Å². The summed E-state index contributed by atoms with van der Waals surface area (Å²) in [7, 11) is 1.72. The number of carbonyl (C=O) groups excluding carboxylic acids is 1. The number of hydrogen-bond donors (Lipinski definition) is 2. The lowest BCUT2D eigenvalue weighted by Gasteiger charge is -2.59. The van der Waals surface area contributed by atoms with Crippen LogP contribution in [0.15, 0.2) is 0 Å². The summed E-state index contributed by atoms with van der Waals surface area (Å²) in [4.78, 5) is 11.7. The van der Waals surface area contributed by atoms with Crippen LogP contribution < -0.4 is 10.6 Å². The van der Waals surface area contributed by atoms with Crippen LogP contribution in [0, 0.1) is 23.2 Å². The Morgan fingerprint density at radius 1 is 1.05 bits per heavy atom. The smallest absolute Gasteiger partial charge is 0.236 e. The van der Waals surface area contributed by atoms with Crippen molar-refractivity contribution >= 4 is 5.91 Å². The van der Waals surface area contributed by atoms with Gasteiger partial charge in [-0.25, -0.2) is 0 Å². The van der Waals surface area contributed by atoms with Crippen molar-refractivity contribution in [3.05, 3.63) is 0 Å². The molecule has 0 spiro atoms. The molecule has 3 heteroatoms. The highest BCUT2D eigenvalue weighted by Gasteiger charge is 2.53. The number of amides is 1. The van der Waals surface area contributed by atoms with Crippen LogP contribution in [0.3, 0.4) is 0 Å². The Morgan fingerprint density at radius 3 is 1.95 bits per heavy atom. The van der Waals surface area contributed by atoms with Gasteiger partial charge in [-0.1, -0.05) is 0 Å². The largest absolute Gasteiger partial charge is 0.358 e. The molecule has 19 heavy (non-hydrogen) atoms. The fourth-order valence-corrected chi connectivity index (χ4v) is 5.55. The minimum Gasteiger partial charge on any atom is -0.358 e. The summed E-state index contributed by atoms with van der Waals surface area (Å²) in [5.74, 6) is 3.04. The molecule has 0 aromatic carbocycles. The average Bonchev–Trinajstić information content (AvgIpc) is 2.36. The molecule has 4 aliphatic rings. The molecule has 4 saturated carbocycles. The van der Waals surface area contributed by atoms with Crippen molar-refractivity contribution < 1.29 is 4.79 Å². The molecule has 0 unspecified atom stereocenters. The first-order chi connectivity index (χ1) is 9.02. The summed E-state index contributed by atoms with van der Waals surface area (Å²) in [6.07, 6.45) is 8.64. The number of hydrogen-bond acceptors (Lipinski definition) is 2. The lowest BCUT2D eigenvalue weighted by Crippen LogP contribution is -2.57. The van der Waals surface area contributed by atoms with E-state index in [-0.39, 0.29) is 11.9 Å². The van der Waals surface area contributed by atoms with Crippen LogP contribution in [0.25, 0.3) is 0 Å². The van der Waals surface area contributed by atoms with Gasteiger partial charge in [0.05, 0.1) is 6.04 Å². The Labute approximate surface area is 116 Å². The molecule has 0 aromatic rings. The predicted molar refractivity (Wildman–Crippen MR) is 76.7 cm³/mol. The number of likely N-dealkylation sites (N-methyl/N-ethyl adjacent to an activating group) is 1. The van der Waals surface area contributed by atoms with E-state index in [2.05, 4.69) is 17.6 Å². The van der Waals surface area contributed by atoms with Gasteiger partial charge in [-0.15, -0.1) is 0 Å². The Kier molecular flexibility index (Phi) is 3.36. The highest BCUT2D eigenvalue weighted by Crippen LogP contribution is 2.61. The Hall–Kier alpha value is -0.570. The number of carbonyl (C=O) groups is 1. The Bertz CT molecular complexity index is 330. The molecule has 0 saturated heterocycles. The fraction of sp³-hybridized carbons (Fsp3) is 0.938. The first-order valence-electron chi connectivity index (χ1n) is 8.00. The van der Waals surface area contributed by atoms with Gasteiger partial charge in [0.25, 0.3) is 0 Å². The molecule has 0 aromatic heterocycles. The highest BCUT2D eigenvalue weighted by atomic mass is 16.2. The second-order valence-corrected chi connectivity index (χ2v) is 7.50. The molecule has 1 amide bonds. The van der Waals surface area contributed by atoms with E-state index in [1.807, 2.05) is 6.92 Å². The summed E-state index contributed by atoms with van der Waals surface area (Å²) in [6, 6.07) is 0.390. The molecule has 0 heterocycles. The Morgan fingerprint density at radius 2 is 1.53 bits per heavy atom. The van der Waals surface area contributed by atoms with E-state index in [1.54, 1.807) is 7.05 Å². The van der Waals surface area contributed by atoms with Gasteiger partial charge in [-0.2, -0.15) is 0 Å². The van der Waals surface area contributed by atoms with Gasteiger partial charge in [0.1, 0.15) is 0 Å². The molecule has 4 aliphatic carbocycles. The SMILES string of the molecule is CNC(=O)[C@@H](C)N[C@H](C)C12CC3CC(CC(C3)C1)C2. The lowest BCUT2D eigenvalue weighted by atomic mass is 9.48. The van der Waals surface area contributed by atoms with Gasteiger partial charge >= 0.3 is 0 Å². The molecular weight excluding hydrogens is 236 g/mol. The van der Waals surface area contributed by atoms with E-state index in [4.69, 9.17) is 0 Å². The van der Waals surface area contributed by atoms with Crippen molar-refractivity contribution in [1.29, 1.82) is 0 Å². The van der Waals surface area contributed by atoms with Crippen molar-refractivity contribution in [1.82, 2.24) is 10.6 Å². The quantitative estimate of drug-likeness (QED) is 0.818. The molecule has 4 bridgehead atoms. The molecule has 0 radical (unpaired) electrons. The van der Waals surface area contributed by atoms with E-state index in [0.717, 1.165) is 17.8 Å². The van der Waals surface area contributed by atoms with Gasteiger partial charge < -0.3 is 10.6 Å². The second-order valence-electron chi connectivity index (χ2n) is 7.50. The van der Waals surface area contributed by atoms with E-state index in [1.165, 1.54) is 38.5 Å². The standard InChI is InChI=1S/C16H28N2O/c1-10(15(19)17-3)18-11(2)16-7-12-4-13(8-16)6-14(5-12)9-16/h10-14,18H,4-9H2,1-3H3,(H,17,19)/t10-,11-,12?,13?,14?,16?/m1/s1. The molecule has 3 nitrogen and oxygen atoms in total. The summed E-state index contributed by atoms with van der Waals surface area (Å²) in [5, 5.41) is 6.32. The van der Waals surface area contributed by atoms with Crippen molar-refractivity contribution in [2.24, 2.45) is 23.2 Å². The monoisotopic (exact) mass is 264 g/mol. The predicted octanol–water partition coefficient (Wildman–Crippen LogP) is 2.32. The maximum Gasteiger partial charge on any atom is 0.236 e. The zero-order valence-electron chi connectivity index (χ0n) is 12.5. The highest BCUT2D eigenvalue weighted by molar-refractivity contribution is 5.80. The minimum absolute atomic E-state index is 0.0759. The van der Waals surface area contributed by atoms with Crippen LogP contribution in [-0.2, 0) is 4.79 Å². The summed E-state index contributed by atoms with van der Waals surface area (Å²) >= 11 is 0. The zero-order valence-corrected chi connectivity index (χ0v) is 12.5. The van der Waals surface area contributed by atoms with Gasteiger partial charge in [-0.3, -0.25) is 4.79 Å². The van der Waals surface area contributed by atoms with Crippen molar-refractivity contribution in [2.45, 2.75) is 64.5 Å². The summed E-state index contributed by atoms with van der Waals surface area (Å²) in [5.41, 5.74) is 0.483. The Balaban J connectivity index is 1.69. The van der Waals surface area contributed by atoms with Crippen LogP contribution in [-0.4, -0.2) is 25.0 Å². The fourth-order valence-electron chi connectivity index (χ4n) is 5.55. The third kappa shape index (κ3) is 2.31. The first-order valence-corrected chi connectivity index (χ1v) is 8.00. The van der Waals surface area contributed by atoms with Gasteiger partial charge in [0.2, 0.25) is 5.91 Å². The molecule has 4 fully saturated rings. The second kappa shape index (κ2) is 4.76. The number of nitrogens with one attached hydrogen (secondary N) is 2. The van der Waals surface area contributed by atoms with Gasteiger partial charge in [0.15, 0.2) is 0 Å². The molecule has 0 aliphatic heterocycles. The maximum absolute atomic E-state index is 11.7. The van der Waals surface area contributed by atoms with E-state index in [9.17, 15) is 4.79 Å². The summed E-state index contributed by atoms with van der Waals surface area (Å²) in [6.45, 7) is 4.29. The van der Waals surface area contributed by atoms with Crippen molar-refractivity contribution in [2.75, 3.05) is 7.05 Å². The average molecular weight is 264 g/mol. The first kappa shape index (κ1) is 13.4. The van der Waals surface area contributed by atoms with Gasteiger partial charge in [-0.05, 0) is 75.5 Å². The minimum atomic E-state index is -0.0759. The van der Waals surface area contributed by atoms with Crippen molar-refractivity contribution in [3.8, 4) is 0 Å². The van der Waals surface area contributed by atoms with E-state index >= 15 is 0 Å². The molecule has 2 atom stereocenters. The third-order valence-electron chi connectivity index (χ3n) is 6.14. The van der Waals surface area contributed by atoms with E-state index < -0.39 is 0 Å².